The molecule has 0 saturated carbocycles. The topological polar surface area (TPSA) is 73.8 Å². The van der Waals surface area contributed by atoms with E-state index in [4.69, 9.17) is 0 Å². The molecule has 0 aromatic heterocycles. The third-order valence-corrected chi connectivity index (χ3v) is 4.64. The number of sulfonamides is 1. The highest BCUT2D eigenvalue weighted by Gasteiger charge is 2.16. The van der Waals surface area contributed by atoms with E-state index in [0.717, 1.165) is 11.5 Å². The molecular formula is C14H25IN4O2S. The summed E-state index contributed by atoms with van der Waals surface area (Å²) in [7, 11) is 1.38. The molecule has 1 rings (SSSR count). The number of rotatable bonds is 5. The van der Waals surface area contributed by atoms with E-state index in [0.29, 0.717) is 17.5 Å². The number of aliphatic imine (C=N–C) groups is 1. The summed E-state index contributed by atoms with van der Waals surface area (Å²) < 4.78 is 25.1. The zero-order valence-electron chi connectivity index (χ0n) is 13.6. The second kappa shape index (κ2) is 9.31. The summed E-state index contributed by atoms with van der Waals surface area (Å²) in [6.07, 6.45) is 0. The normalized spacial score (nSPS) is 12.2. The second-order valence-corrected chi connectivity index (χ2v) is 7.31. The Bertz CT molecular complexity index is 583. The molecule has 0 spiro atoms. The highest BCUT2D eigenvalue weighted by molar-refractivity contribution is 14.0. The van der Waals surface area contributed by atoms with Gasteiger partial charge in [-0.25, -0.2) is 12.7 Å². The van der Waals surface area contributed by atoms with Gasteiger partial charge in [0.25, 0.3) is 0 Å². The van der Waals surface area contributed by atoms with Crippen LogP contribution in [-0.4, -0.2) is 45.9 Å². The summed E-state index contributed by atoms with van der Waals surface area (Å²) in [6.45, 7) is 4.65. The van der Waals surface area contributed by atoms with Gasteiger partial charge in [-0.1, -0.05) is 12.1 Å². The van der Waals surface area contributed by atoms with Crippen molar-refractivity contribution in [3.63, 3.8) is 0 Å². The molecule has 1 aromatic rings. The Kier molecular flexibility index (Phi) is 8.94. The minimum atomic E-state index is -3.37. The van der Waals surface area contributed by atoms with E-state index in [9.17, 15) is 8.42 Å². The van der Waals surface area contributed by atoms with Crippen LogP contribution >= 0.6 is 24.0 Å². The van der Waals surface area contributed by atoms with Crippen molar-refractivity contribution in [1.82, 2.24) is 14.9 Å². The zero-order chi connectivity index (χ0) is 16.0. The number of hydrogen-bond acceptors (Lipinski definition) is 3. The Balaban J connectivity index is 0.00000441. The number of guanidine groups is 1. The summed E-state index contributed by atoms with van der Waals surface area (Å²) in [5.41, 5.74) is 0.986. The van der Waals surface area contributed by atoms with Crippen LogP contribution in [0, 0.1) is 0 Å². The molecule has 0 aliphatic carbocycles. The van der Waals surface area contributed by atoms with Crippen molar-refractivity contribution in [2.24, 2.45) is 4.99 Å². The molecule has 0 fully saturated rings. The smallest absolute Gasteiger partial charge is 0.242 e. The molecule has 0 unspecified atom stereocenters. The summed E-state index contributed by atoms with van der Waals surface area (Å²) >= 11 is 0. The Morgan fingerprint density at radius 2 is 1.77 bits per heavy atom. The number of hydrogen-bond donors (Lipinski definition) is 2. The van der Waals surface area contributed by atoms with Crippen molar-refractivity contribution in [3.8, 4) is 0 Å². The maximum absolute atomic E-state index is 12.0. The summed E-state index contributed by atoms with van der Waals surface area (Å²) in [4.78, 5) is 4.41. The molecule has 0 saturated heterocycles. The summed E-state index contributed by atoms with van der Waals surface area (Å²) in [5.74, 6) is 0.718. The maximum Gasteiger partial charge on any atom is 0.242 e. The van der Waals surface area contributed by atoms with Crippen LogP contribution in [0.25, 0.3) is 0 Å². The Morgan fingerprint density at radius 3 is 2.18 bits per heavy atom. The van der Waals surface area contributed by atoms with Crippen molar-refractivity contribution in [1.29, 1.82) is 0 Å². The van der Waals surface area contributed by atoms with Crippen molar-refractivity contribution < 1.29 is 8.42 Å². The first kappa shape index (κ1) is 21.1. The molecule has 2 N–H and O–H groups in total. The summed E-state index contributed by atoms with van der Waals surface area (Å²) in [6, 6.07) is 7.12. The Hall–Kier alpha value is -0.870. The predicted octanol–water partition coefficient (Wildman–Crippen LogP) is 1.63. The molecule has 6 nitrogen and oxygen atoms in total. The van der Waals surface area contributed by atoms with Crippen LogP contribution in [-0.2, 0) is 16.6 Å². The van der Waals surface area contributed by atoms with Crippen molar-refractivity contribution >= 4 is 40.0 Å². The quantitative estimate of drug-likeness (QED) is 0.415. The molecule has 0 aliphatic rings. The molecule has 126 valence electrons. The monoisotopic (exact) mass is 440 g/mol. The average Bonchev–Trinajstić information content (AvgIpc) is 2.43. The highest BCUT2D eigenvalue weighted by Crippen LogP contribution is 2.13. The van der Waals surface area contributed by atoms with Crippen molar-refractivity contribution in [2.75, 3.05) is 21.1 Å². The van der Waals surface area contributed by atoms with Crippen molar-refractivity contribution in [2.45, 2.75) is 31.3 Å². The van der Waals surface area contributed by atoms with Gasteiger partial charge in [0.2, 0.25) is 10.0 Å². The second-order valence-electron chi connectivity index (χ2n) is 5.16. The predicted molar refractivity (Wildman–Crippen MR) is 101 cm³/mol. The van der Waals surface area contributed by atoms with E-state index in [1.807, 2.05) is 13.8 Å². The molecule has 0 radical (unpaired) electrons. The standard InChI is InChI=1S/C14H24N4O2S.HI/c1-11(2)17-14(15-3)16-10-12-6-8-13(9-7-12)21(19,20)18(4)5;/h6-9,11H,10H2,1-5H3,(H2,15,16,17);1H. The Morgan fingerprint density at radius 1 is 1.23 bits per heavy atom. The van der Waals surface area contributed by atoms with Crippen LogP contribution in [0.15, 0.2) is 34.2 Å². The van der Waals surface area contributed by atoms with Gasteiger partial charge in [0.05, 0.1) is 4.90 Å². The lowest BCUT2D eigenvalue weighted by molar-refractivity contribution is 0.520. The molecule has 0 bridgehead atoms. The van der Waals surface area contributed by atoms with Crippen LogP contribution in [0.2, 0.25) is 0 Å². The van der Waals surface area contributed by atoms with Gasteiger partial charge >= 0.3 is 0 Å². The van der Waals surface area contributed by atoms with Crippen LogP contribution in [0.4, 0.5) is 0 Å². The molecule has 22 heavy (non-hydrogen) atoms. The lowest BCUT2D eigenvalue weighted by Crippen LogP contribution is -2.40. The first-order valence-electron chi connectivity index (χ1n) is 6.76. The molecular weight excluding hydrogens is 415 g/mol. The van der Waals surface area contributed by atoms with Crippen molar-refractivity contribution in [3.05, 3.63) is 29.8 Å². The van der Waals surface area contributed by atoms with Gasteiger partial charge < -0.3 is 10.6 Å². The van der Waals surface area contributed by atoms with E-state index >= 15 is 0 Å². The van der Waals surface area contributed by atoms with E-state index in [2.05, 4.69) is 15.6 Å². The molecule has 0 amide bonds. The van der Waals surface area contributed by atoms with E-state index < -0.39 is 10.0 Å². The molecule has 0 aliphatic heterocycles. The largest absolute Gasteiger partial charge is 0.354 e. The highest BCUT2D eigenvalue weighted by atomic mass is 127. The average molecular weight is 440 g/mol. The fourth-order valence-corrected chi connectivity index (χ4v) is 2.55. The van der Waals surface area contributed by atoms with Gasteiger partial charge in [-0.2, -0.15) is 0 Å². The number of benzene rings is 1. The van der Waals surface area contributed by atoms with Crippen LogP contribution in [0.3, 0.4) is 0 Å². The third-order valence-electron chi connectivity index (χ3n) is 2.81. The molecule has 0 atom stereocenters. The minimum absolute atomic E-state index is 0. The van der Waals surface area contributed by atoms with Crippen LogP contribution < -0.4 is 10.6 Å². The SMILES string of the molecule is CN=C(NCc1ccc(S(=O)(=O)N(C)C)cc1)NC(C)C.I. The maximum atomic E-state index is 12.0. The lowest BCUT2D eigenvalue weighted by atomic mass is 10.2. The van der Waals surface area contributed by atoms with Gasteiger partial charge in [0.1, 0.15) is 0 Å². The van der Waals surface area contributed by atoms with E-state index in [1.54, 1.807) is 31.3 Å². The van der Waals surface area contributed by atoms with Crippen LogP contribution in [0.5, 0.6) is 0 Å². The zero-order valence-corrected chi connectivity index (χ0v) is 16.8. The van der Waals surface area contributed by atoms with Gasteiger partial charge in [0.15, 0.2) is 5.96 Å². The molecule has 0 heterocycles. The van der Waals surface area contributed by atoms with Gasteiger partial charge in [-0.15, -0.1) is 24.0 Å². The number of halogens is 1. The van der Waals surface area contributed by atoms with E-state index in [1.165, 1.54) is 18.4 Å². The Labute approximate surface area is 150 Å². The lowest BCUT2D eigenvalue weighted by Gasteiger charge is -2.15. The third kappa shape index (κ3) is 6.09. The fraction of sp³-hybridized carbons (Fsp3) is 0.500. The van der Waals surface area contributed by atoms with Gasteiger partial charge in [-0.05, 0) is 31.5 Å². The molecule has 1 aromatic carbocycles. The summed E-state index contributed by atoms with van der Waals surface area (Å²) in [5, 5.41) is 6.36. The van der Waals surface area contributed by atoms with Gasteiger partial charge in [-0.3, -0.25) is 4.99 Å². The van der Waals surface area contributed by atoms with Crippen LogP contribution in [0.1, 0.15) is 19.4 Å². The minimum Gasteiger partial charge on any atom is -0.354 e. The molecule has 8 heteroatoms. The first-order chi connectivity index (χ1) is 9.77. The first-order valence-corrected chi connectivity index (χ1v) is 8.20. The van der Waals surface area contributed by atoms with Gasteiger partial charge in [0, 0.05) is 33.7 Å². The number of nitrogens with one attached hydrogen (secondary N) is 2. The van der Waals surface area contributed by atoms with E-state index in [-0.39, 0.29) is 24.0 Å². The fourth-order valence-electron chi connectivity index (χ4n) is 1.64. The number of nitrogens with zero attached hydrogens (tertiary/aromatic N) is 2.